The number of hydrogen-bond acceptors (Lipinski definition) is 8. The summed E-state index contributed by atoms with van der Waals surface area (Å²) in [6.07, 6.45) is -0.665. The number of hydrogen-bond donors (Lipinski definition) is 8. The van der Waals surface area contributed by atoms with E-state index in [0.717, 1.165) is 0 Å². The molecule has 0 aromatic rings. The fraction of sp³-hybridized carbons (Fsp3) is 0.615. The molecule has 0 spiro atoms. The lowest BCUT2D eigenvalue weighted by atomic mass is 10.1. The molecule has 0 heterocycles. The van der Waals surface area contributed by atoms with Crippen molar-refractivity contribution in [2.75, 3.05) is 12.4 Å². The number of primary amides is 1. The number of nitrogens with two attached hydrogens (primary N) is 2. The summed E-state index contributed by atoms with van der Waals surface area (Å²) in [5.74, 6) is -4.92. The van der Waals surface area contributed by atoms with E-state index in [-0.39, 0.29) is 5.75 Å². The van der Waals surface area contributed by atoms with Crippen LogP contribution in [0.5, 0.6) is 0 Å². The maximum Gasteiger partial charge on any atom is 0.326 e. The standard InChI is InChI=1S/C13H23N5O7S/c1-5(16-11(22)6(14)4-26)10(21)18-8(3-19)12(23)17-7(13(24)25)2-9(15)20/h5-8,19,26H,2-4,14H2,1H3,(H2,15,20)(H,16,22)(H,17,23)(H,18,21)(H,24,25). The first-order valence-electron chi connectivity index (χ1n) is 7.43. The van der Waals surface area contributed by atoms with Crippen LogP contribution in [-0.4, -0.2) is 76.3 Å². The molecule has 13 heteroatoms. The van der Waals surface area contributed by atoms with Crippen LogP contribution >= 0.6 is 12.6 Å². The molecule has 4 amide bonds. The molecule has 12 nitrogen and oxygen atoms in total. The van der Waals surface area contributed by atoms with Gasteiger partial charge < -0.3 is 37.6 Å². The molecule has 0 aromatic heterocycles. The Morgan fingerprint density at radius 3 is 1.96 bits per heavy atom. The first-order chi connectivity index (χ1) is 12.0. The Hall–Kier alpha value is -2.38. The number of carboxylic acid groups (broad SMARTS) is 1. The number of nitrogens with one attached hydrogen (secondary N) is 3. The topological polar surface area (TPSA) is 214 Å². The Morgan fingerprint density at radius 2 is 1.54 bits per heavy atom. The monoisotopic (exact) mass is 393 g/mol. The Bertz CT molecular complexity index is 559. The van der Waals surface area contributed by atoms with Crippen LogP contribution in [0.4, 0.5) is 0 Å². The average Bonchev–Trinajstić information content (AvgIpc) is 2.56. The fourth-order valence-corrected chi connectivity index (χ4v) is 1.80. The second kappa shape index (κ2) is 11.3. The van der Waals surface area contributed by atoms with Crippen LogP contribution < -0.4 is 27.4 Å². The van der Waals surface area contributed by atoms with Gasteiger partial charge in [-0.05, 0) is 6.92 Å². The maximum absolute atomic E-state index is 12.0. The van der Waals surface area contributed by atoms with Gasteiger partial charge in [-0.1, -0.05) is 0 Å². The zero-order valence-corrected chi connectivity index (χ0v) is 14.9. The van der Waals surface area contributed by atoms with Crippen molar-refractivity contribution in [2.24, 2.45) is 11.5 Å². The van der Waals surface area contributed by atoms with Crippen LogP contribution in [0, 0.1) is 0 Å². The summed E-state index contributed by atoms with van der Waals surface area (Å²) in [5.41, 5.74) is 10.3. The van der Waals surface area contributed by atoms with Gasteiger partial charge in [0.15, 0.2) is 0 Å². The predicted molar refractivity (Wildman–Crippen MR) is 91.8 cm³/mol. The smallest absolute Gasteiger partial charge is 0.326 e. The van der Waals surface area contributed by atoms with Gasteiger partial charge >= 0.3 is 5.97 Å². The number of aliphatic hydroxyl groups excluding tert-OH is 1. The van der Waals surface area contributed by atoms with Gasteiger partial charge in [0.05, 0.1) is 19.1 Å². The first-order valence-corrected chi connectivity index (χ1v) is 8.06. The third kappa shape index (κ3) is 8.13. The number of thiol groups is 1. The van der Waals surface area contributed by atoms with Gasteiger partial charge in [-0.25, -0.2) is 4.79 Å². The van der Waals surface area contributed by atoms with Crippen molar-refractivity contribution in [2.45, 2.75) is 37.5 Å². The number of aliphatic hydroxyl groups is 1. The van der Waals surface area contributed by atoms with E-state index in [1.807, 2.05) is 5.32 Å². The van der Waals surface area contributed by atoms with E-state index in [4.69, 9.17) is 16.6 Å². The Balaban J connectivity index is 4.83. The lowest BCUT2D eigenvalue weighted by molar-refractivity contribution is -0.144. The SMILES string of the molecule is CC(NC(=O)C(N)CS)C(=O)NC(CO)C(=O)NC(CC(N)=O)C(=O)O. The summed E-state index contributed by atoms with van der Waals surface area (Å²) in [7, 11) is 0. The van der Waals surface area contributed by atoms with Gasteiger partial charge in [0.25, 0.3) is 0 Å². The Kier molecular flexibility index (Phi) is 10.2. The molecule has 148 valence electrons. The molecule has 0 bridgehead atoms. The molecule has 0 radical (unpaired) electrons. The number of amides is 4. The van der Waals surface area contributed by atoms with Gasteiger partial charge in [0, 0.05) is 5.75 Å². The Labute approximate surface area is 154 Å². The third-order valence-corrected chi connectivity index (χ3v) is 3.51. The number of aliphatic carboxylic acids is 1. The van der Waals surface area contributed by atoms with Crippen LogP contribution in [0.25, 0.3) is 0 Å². The van der Waals surface area contributed by atoms with Crippen molar-refractivity contribution < 1.29 is 34.2 Å². The molecule has 0 saturated heterocycles. The molecule has 0 aliphatic carbocycles. The molecule has 9 N–H and O–H groups in total. The summed E-state index contributed by atoms with van der Waals surface area (Å²) < 4.78 is 0. The van der Waals surface area contributed by atoms with E-state index in [2.05, 4.69) is 23.3 Å². The molecule has 0 saturated carbocycles. The van der Waals surface area contributed by atoms with E-state index >= 15 is 0 Å². The second-order valence-electron chi connectivity index (χ2n) is 5.33. The molecular formula is C13H23N5O7S. The minimum Gasteiger partial charge on any atom is -0.480 e. The van der Waals surface area contributed by atoms with Gasteiger partial charge in [0.1, 0.15) is 18.1 Å². The minimum atomic E-state index is -1.61. The van der Waals surface area contributed by atoms with E-state index in [1.54, 1.807) is 0 Å². The summed E-state index contributed by atoms with van der Waals surface area (Å²) in [4.78, 5) is 57.4. The average molecular weight is 393 g/mol. The lowest BCUT2D eigenvalue weighted by Crippen LogP contribution is -2.57. The molecule has 4 atom stereocenters. The van der Waals surface area contributed by atoms with Gasteiger partial charge in [-0.2, -0.15) is 12.6 Å². The largest absolute Gasteiger partial charge is 0.480 e. The highest BCUT2D eigenvalue weighted by Gasteiger charge is 2.29. The quantitative estimate of drug-likeness (QED) is 0.160. The number of rotatable bonds is 11. The van der Waals surface area contributed by atoms with Crippen molar-refractivity contribution in [1.82, 2.24) is 16.0 Å². The highest BCUT2D eigenvalue weighted by molar-refractivity contribution is 7.80. The summed E-state index contributed by atoms with van der Waals surface area (Å²) in [6.45, 7) is 0.468. The molecule has 0 aliphatic heterocycles. The van der Waals surface area contributed by atoms with Crippen molar-refractivity contribution in [1.29, 1.82) is 0 Å². The molecule has 0 rings (SSSR count). The zero-order chi connectivity index (χ0) is 20.4. The number of carbonyl (C=O) groups is 5. The van der Waals surface area contributed by atoms with E-state index < -0.39 is 66.8 Å². The zero-order valence-electron chi connectivity index (χ0n) is 14.0. The van der Waals surface area contributed by atoms with E-state index in [9.17, 15) is 29.1 Å². The molecule has 4 unspecified atom stereocenters. The van der Waals surface area contributed by atoms with E-state index in [0.29, 0.717) is 0 Å². The van der Waals surface area contributed by atoms with Crippen molar-refractivity contribution in [3.8, 4) is 0 Å². The molecule has 0 aliphatic rings. The minimum absolute atomic E-state index is 0.0539. The molecular weight excluding hydrogens is 370 g/mol. The van der Waals surface area contributed by atoms with Gasteiger partial charge in [0.2, 0.25) is 23.6 Å². The Morgan fingerprint density at radius 1 is 1.00 bits per heavy atom. The summed E-state index contributed by atoms with van der Waals surface area (Å²) in [5, 5.41) is 24.6. The lowest BCUT2D eigenvalue weighted by Gasteiger charge is -2.22. The van der Waals surface area contributed by atoms with Gasteiger partial charge in [-0.15, -0.1) is 0 Å². The first kappa shape index (κ1) is 23.6. The van der Waals surface area contributed by atoms with Crippen LogP contribution in [0.15, 0.2) is 0 Å². The molecule has 0 aromatic carbocycles. The number of carboxylic acids is 1. The fourth-order valence-electron chi connectivity index (χ4n) is 1.63. The van der Waals surface area contributed by atoms with E-state index in [1.165, 1.54) is 6.92 Å². The molecule has 26 heavy (non-hydrogen) atoms. The highest BCUT2D eigenvalue weighted by Crippen LogP contribution is 1.95. The number of carbonyl (C=O) groups excluding carboxylic acids is 4. The third-order valence-electron chi connectivity index (χ3n) is 3.12. The maximum atomic E-state index is 12.0. The van der Waals surface area contributed by atoms with Crippen LogP contribution in [0.1, 0.15) is 13.3 Å². The van der Waals surface area contributed by atoms with Crippen LogP contribution in [0.3, 0.4) is 0 Å². The highest BCUT2D eigenvalue weighted by atomic mass is 32.1. The summed E-state index contributed by atoms with van der Waals surface area (Å²) in [6, 6.07) is -5.14. The van der Waals surface area contributed by atoms with Crippen molar-refractivity contribution in [3.05, 3.63) is 0 Å². The normalized spacial score (nSPS) is 15.1. The predicted octanol–water partition coefficient (Wildman–Crippen LogP) is -4.33. The molecule has 0 fully saturated rings. The van der Waals surface area contributed by atoms with Crippen molar-refractivity contribution >= 4 is 42.2 Å². The summed E-state index contributed by atoms with van der Waals surface area (Å²) >= 11 is 3.85. The van der Waals surface area contributed by atoms with Crippen LogP contribution in [0.2, 0.25) is 0 Å². The second-order valence-corrected chi connectivity index (χ2v) is 5.70. The van der Waals surface area contributed by atoms with Crippen LogP contribution in [-0.2, 0) is 24.0 Å². The van der Waals surface area contributed by atoms with Gasteiger partial charge in [-0.3, -0.25) is 19.2 Å². The van der Waals surface area contributed by atoms with Crippen molar-refractivity contribution in [3.63, 3.8) is 0 Å².